The third-order valence-electron chi connectivity index (χ3n) is 3.01. The fourth-order valence-corrected chi connectivity index (χ4v) is 2.02. The van der Waals surface area contributed by atoms with E-state index >= 15 is 0 Å². The predicted molar refractivity (Wildman–Crippen MR) is 65.3 cm³/mol. The molecule has 2 heterocycles. The van der Waals surface area contributed by atoms with E-state index in [1.807, 2.05) is 12.4 Å². The highest BCUT2D eigenvalue weighted by Gasteiger charge is 2.16. The zero-order valence-corrected chi connectivity index (χ0v) is 9.68. The second-order valence-electron chi connectivity index (χ2n) is 4.13. The lowest BCUT2D eigenvalue weighted by Crippen LogP contribution is -2.46. The molecule has 1 saturated heterocycles. The van der Waals surface area contributed by atoms with Crippen LogP contribution in [0.1, 0.15) is 12.8 Å². The van der Waals surface area contributed by atoms with Crippen LogP contribution in [-0.2, 0) is 0 Å². The van der Waals surface area contributed by atoms with Crippen LogP contribution in [0.2, 0.25) is 0 Å². The van der Waals surface area contributed by atoms with E-state index in [9.17, 15) is 0 Å². The first-order valence-electron chi connectivity index (χ1n) is 5.91. The molecule has 1 aromatic heterocycles. The summed E-state index contributed by atoms with van der Waals surface area (Å²) in [5.41, 5.74) is 1.14. The number of rotatable bonds is 4. The van der Waals surface area contributed by atoms with Gasteiger partial charge in [0.2, 0.25) is 0 Å². The largest absolute Gasteiger partial charge is 0.366 e. The van der Waals surface area contributed by atoms with Crippen molar-refractivity contribution in [3.05, 3.63) is 25.6 Å². The number of hydrogen-bond acceptors (Lipinski definition) is 4. The van der Waals surface area contributed by atoms with Gasteiger partial charge in [0, 0.05) is 26.2 Å². The third-order valence-corrected chi connectivity index (χ3v) is 3.01. The molecule has 1 aliphatic heterocycles. The molecule has 87 valence electrons. The van der Waals surface area contributed by atoms with Crippen LogP contribution in [0.15, 0.2) is 18.7 Å². The molecule has 0 unspecified atom stereocenters. The summed E-state index contributed by atoms with van der Waals surface area (Å²) < 4.78 is 0. The van der Waals surface area contributed by atoms with E-state index in [0.29, 0.717) is 0 Å². The molecule has 1 radical (unpaired) electrons. The molecule has 0 amide bonds. The first kappa shape index (κ1) is 11.3. The van der Waals surface area contributed by atoms with Crippen LogP contribution in [0.25, 0.3) is 0 Å². The van der Waals surface area contributed by atoms with Gasteiger partial charge >= 0.3 is 0 Å². The van der Waals surface area contributed by atoms with Crippen LogP contribution in [0.4, 0.5) is 5.69 Å². The van der Waals surface area contributed by atoms with Gasteiger partial charge in [0.05, 0.1) is 18.1 Å². The molecule has 0 N–H and O–H groups in total. The van der Waals surface area contributed by atoms with Crippen molar-refractivity contribution in [3.8, 4) is 0 Å². The molecule has 4 heteroatoms. The van der Waals surface area contributed by atoms with Crippen molar-refractivity contribution in [2.45, 2.75) is 12.8 Å². The summed E-state index contributed by atoms with van der Waals surface area (Å²) in [5.74, 6) is 0. The zero-order valence-electron chi connectivity index (χ0n) is 9.68. The van der Waals surface area contributed by atoms with E-state index in [1.54, 1.807) is 6.33 Å². The molecule has 0 aromatic carbocycles. The van der Waals surface area contributed by atoms with Crippen LogP contribution < -0.4 is 4.90 Å². The molecule has 1 aromatic rings. The van der Waals surface area contributed by atoms with E-state index in [-0.39, 0.29) is 0 Å². The summed E-state index contributed by atoms with van der Waals surface area (Å²) in [7, 11) is 0. The highest BCUT2D eigenvalue weighted by molar-refractivity contribution is 5.41. The maximum atomic E-state index is 4.05. The maximum Gasteiger partial charge on any atom is 0.115 e. The van der Waals surface area contributed by atoms with E-state index in [1.165, 1.54) is 13.0 Å². The van der Waals surface area contributed by atoms with Crippen LogP contribution in [-0.4, -0.2) is 47.6 Å². The van der Waals surface area contributed by atoms with E-state index < -0.39 is 0 Å². The summed E-state index contributed by atoms with van der Waals surface area (Å²) >= 11 is 0. The number of nitrogens with zero attached hydrogens (tertiary/aromatic N) is 4. The Balaban J connectivity index is 1.81. The van der Waals surface area contributed by atoms with Gasteiger partial charge in [-0.1, -0.05) is 13.3 Å². The average molecular weight is 219 g/mol. The van der Waals surface area contributed by atoms with E-state index in [4.69, 9.17) is 0 Å². The summed E-state index contributed by atoms with van der Waals surface area (Å²) in [5, 5.41) is 0. The van der Waals surface area contributed by atoms with Crippen molar-refractivity contribution in [2.24, 2.45) is 0 Å². The number of piperazine rings is 1. The molecule has 0 saturated carbocycles. The Morgan fingerprint density at radius 1 is 1.12 bits per heavy atom. The van der Waals surface area contributed by atoms with Gasteiger partial charge in [-0.05, 0) is 13.0 Å². The van der Waals surface area contributed by atoms with Gasteiger partial charge in [0.25, 0.3) is 0 Å². The molecule has 2 rings (SSSR count). The van der Waals surface area contributed by atoms with Crippen LogP contribution in [0, 0.1) is 6.92 Å². The first-order valence-corrected chi connectivity index (χ1v) is 5.91. The molecular weight excluding hydrogens is 200 g/mol. The second kappa shape index (κ2) is 5.80. The Labute approximate surface area is 97.3 Å². The molecule has 16 heavy (non-hydrogen) atoms. The van der Waals surface area contributed by atoms with Gasteiger partial charge < -0.3 is 4.90 Å². The molecule has 1 fully saturated rings. The normalized spacial score (nSPS) is 17.7. The Morgan fingerprint density at radius 3 is 2.44 bits per heavy atom. The van der Waals surface area contributed by atoms with Gasteiger partial charge in [-0.15, -0.1) is 0 Å². The average Bonchev–Trinajstić information content (AvgIpc) is 2.38. The van der Waals surface area contributed by atoms with Crippen molar-refractivity contribution < 1.29 is 0 Å². The smallest absolute Gasteiger partial charge is 0.115 e. The minimum absolute atomic E-state index is 1.03. The molecule has 0 atom stereocenters. The van der Waals surface area contributed by atoms with Gasteiger partial charge in [-0.25, -0.2) is 9.97 Å². The Kier molecular flexibility index (Phi) is 4.10. The lowest BCUT2D eigenvalue weighted by molar-refractivity contribution is 0.255. The third kappa shape index (κ3) is 2.92. The lowest BCUT2D eigenvalue weighted by atomic mass is 10.2. The Hall–Kier alpha value is -1.16. The first-order chi connectivity index (χ1) is 7.90. The highest BCUT2D eigenvalue weighted by atomic mass is 15.3. The SMILES string of the molecule is [CH2]CCCN1CCN(c2cncnc2)CC1. The van der Waals surface area contributed by atoms with Crippen LogP contribution in [0.5, 0.6) is 0 Å². The van der Waals surface area contributed by atoms with Crippen molar-refractivity contribution >= 4 is 5.69 Å². The number of anilines is 1. The number of unbranched alkanes of at least 4 members (excludes halogenated alkanes) is 1. The quantitative estimate of drug-likeness (QED) is 0.762. The van der Waals surface area contributed by atoms with Crippen LogP contribution >= 0.6 is 0 Å². The molecule has 1 aliphatic rings. The molecular formula is C12H19N4. The minimum atomic E-state index is 1.03. The van der Waals surface area contributed by atoms with Crippen LogP contribution in [0.3, 0.4) is 0 Å². The monoisotopic (exact) mass is 219 g/mol. The standard InChI is InChI=1S/C12H19N4/c1-2-3-4-15-5-7-16(8-6-15)12-9-13-11-14-10-12/h9-11H,1-8H2. The number of aromatic nitrogens is 2. The fraction of sp³-hybridized carbons (Fsp3) is 0.583. The minimum Gasteiger partial charge on any atom is -0.366 e. The van der Waals surface area contributed by atoms with Gasteiger partial charge in [0.1, 0.15) is 6.33 Å². The van der Waals surface area contributed by atoms with Gasteiger partial charge in [0.15, 0.2) is 0 Å². The molecule has 0 spiro atoms. The summed E-state index contributed by atoms with van der Waals surface area (Å²) in [6.45, 7) is 9.48. The number of hydrogen-bond donors (Lipinski definition) is 0. The Bertz CT molecular complexity index is 293. The van der Waals surface area contributed by atoms with Crippen molar-refractivity contribution in [1.82, 2.24) is 14.9 Å². The van der Waals surface area contributed by atoms with Crippen molar-refractivity contribution in [2.75, 3.05) is 37.6 Å². The lowest BCUT2D eigenvalue weighted by Gasteiger charge is -2.35. The maximum absolute atomic E-state index is 4.05. The Morgan fingerprint density at radius 2 is 1.81 bits per heavy atom. The summed E-state index contributed by atoms with van der Waals surface area (Å²) in [6.07, 6.45) is 7.59. The summed E-state index contributed by atoms with van der Waals surface area (Å²) in [6, 6.07) is 0. The van der Waals surface area contributed by atoms with E-state index in [2.05, 4.69) is 26.7 Å². The predicted octanol–water partition coefficient (Wildman–Crippen LogP) is 1.21. The van der Waals surface area contributed by atoms with E-state index in [0.717, 1.165) is 38.3 Å². The zero-order chi connectivity index (χ0) is 11.2. The van der Waals surface area contributed by atoms with Crippen molar-refractivity contribution in [3.63, 3.8) is 0 Å². The van der Waals surface area contributed by atoms with Crippen molar-refractivity contribution in [1.29, 1.82) is 0 Å². The molecule has 4 nitrogen and oxygen atoms in total. The topological polar surface area (TPSA) is 32.3 Å². The highest BCUT2D eigenvalue weighted by Crippen LogP contribution is 2.13. The molecule has 0 bridgehead atoms. The fourth-order valence-electron chi connectivity index (χ4n) is 2.02. The van der Waals surface area contributed by atoms with Gasteiger partial charge in [-0.2, -0.15) is 0 Å². The summed E-state index contributed by atoms with van der Waals surface area (Å²) in [4.78, 5) is 13.0. The van der Waals surface area contributed by atoms with Gasteiger partial charge in [-0.3, -0.25) is 4.90 Å². The second-order valence-corrected chi connectivity index (χ2v) is 4.13. The molecule has 0 aliphatic carbocycles.